The molecule has 3 heterocycles. The van der Waals surface area contributed by atoms with Crippen LogP contribution in [0, 0.1) is 17.1 Å². The van der Waals surface area contributed by atoms with Gasteiger partial charge < -0.3 is 29.6 Å². The van der Waals surface area contributed by atoms with Crippen LogP contribution in [-0.4, -0.2) is 56.6 Å². The fourth-order valence-electron chi connectivity index (χ4n) is 4.97. The number of carboxylic acids is 1. The first-order valence-corrected chi connectivity index (χ1v) is 13.9. The number of nitrogens with zero attached hydrogens (tertiary/aromatic N) is 4. The summed E-state index contributed by atoms with van der Waals surface area (Å²) in [5.41, 5.74) is 3.04. The van der Waals surface area contributed by atoms with Gasteiger partial charge in [0.25, 0.3) is 0 Å². The van der Waals surface area contributed by atoms with E-state index in [4.69, 9.17) is 19.7 Å². The van der Waals surface area contributed by atoms with Crippen LogP contribution in [0.1, 0.15) is 58.2 Å². The third kappa shape index (κ3) is 6.91. The van der Waals surface area contributed by atoms with Crippen molar-refractivity contribution in [2.24, 2.45) is 0 Å². The van der Waals surface area contributed by atoms with Gasteiger partial charge in [-0.25, -0.2) is 19.2 Å². The fraction of sp³-hybridized carbons (Fsp3) is 0.355. The van der Waals surface area contributed by atoms with Crippen molar-refractivity contribution in [3.05, 3.63) is 88.6 Å². The molecule has 0 spiro atoms. The second kappa shape index (κ2) is 13.5. The van der Waals surface area contributed by atoms with Crippen LogP contribution in [0.4, 0.5) is 4.39 Å². The molecular formula is C31H32FN5O5. The minimum absolute atomic E-state index is 0.00300. The summed E-state index contributed by atoms with van der Waals surface area (Å²) in [6, 6.07) is 16.5. The molecule has 42 heavy (non-hydrogen) atoms. The molecule has 0 amide bonds. The van der Waals surface area contributed by atoms with Crippen LogP contribution in [0.15, 0.2) is 54.6 Å². The lowest BCUT2D eigenvalue weighted by Crippen LogP contribution is -2.32. The van der Waals surface area contributed by atoms with Gasteiger partial charge in [0.05, 0.1) is 47.4 Å². The van der Waals surface area contributed by atoms with Gasteiger partial charge in [0.2, 0.25) is 5.88 Å². The number of aromatic carboxylic acids is 1. The van der Waals surface area contributed by atoms with Crippen molar-refractivity contribution in [3.63, 3.8) is 0 Å². The van der Waals surface area contributed by atoms with Gasteiger partial charge >= 0.3 is 5.97 Å². The number of aliphatic hydroxyl groups is 1. The molecule has 0 bridgehead atoms. The van der Waals surface area contributed by atoms with Crippen molar-refractivity contribution in [2.45, 2.75) is 51.0 Å². The Kier molecular flexibility index (Phi) is 9.38. The number of ether oxygens (including phenoxy) is 2. The second-order valence-electron chi connectivity index (χ2n) is 10.2. The van der Waals surface area contributed by atoms with Gasteiger partial charge in [-0.3, -0.25) is 0 Å². The Hall–Kier alpha value is -4.37. The highest BCUT2D eigenvalue weighted by Gasteiger charge is 2.22. The zero-order chi connectivity index (χ0) is 29.5. The van der Waals surface area contributed by atoms with Crippen LogP contribution < -0.4 is 10.1 Å². The normalized spacial score (nSPS) is 15.2. The van der Waals surface area contributed by atoms with Crippen molar-refractivity contribution < 1.29 is 28.9 Å². The molecule has 1 unspecified atom stereocenters. The number of halogens is 1. The standard InChI is InChI=1S/C31H32FN5O5/c32-25-14-20(16-33)4-5-23(25)19-42-30-3-1-2-26(36-30)21(9-12-38)8-11-34-17-29-35-27-7-6-22(31(39)40)15-28(27)37(29)18-24-10-13-41-24/h1-7,14-15,21,24,34,38H,8-13,17-19H2,(H,39,40)/t21?,24-/m0/s1. The number of hydrogen-bond acceptors (Lipinski definition) is 8. The molecule has 0 saturated carbocycles. The van der Waals surface area contributed by atoms with Crippen molar-refractivity contribution in [2.75, 3.05) is 19.8 Å². The number of benzene rings is 2. The van der Waals surface area contributed by atoms with Crippen molar-refractivity contribution in [1.82, 2.24) is 19.9 Å². The molecule has 0 aliphatic carbocycles. The fourth-order valence-corrected chi connectivity index (χ4v) is 4.97. The predicted molar refractivity (Wildman–Crippen MR) is 152 cm³/mol. The van der Waals surface area contributed by atoms with Crippen LogP contribution in [0.25, 0.3) is 11.0 Å². The molecule has 2 aromatic heterocycles. The lowest BCUT2D eigenvalue weighted by Gasteiger charge is -2.27. The second-order valence-corrected chi connectivity index (χ2v) is 10.2. The molecule has 218 valence electrons. The number of aliphatic hydroxyl groups excluding tert-OH is 1. The molecule has 2 aromatic carbocycles. The molecule has 10 nitrogen and oxygen atoms in total. The largest absolute Gasteiger partial charge is 0.478 e. The summed E-state index contributed by atoms with van der Waals surface area (Å²) in [4.78, 5) is 20.9. The third-order valence-corrected chi connectivity index (χ3v) is 7.41. The highest BCUT2D eigenvalue weighted by Crippen LogP contribution is 2.25. The summed E-state index contributed by atoms with van der Waals surface area (Å²) in [5.74, 6) is -0.391. The Bertz CT molecular complexity index is 1600. The van der Waals surface area contributed by atoms with Gasteiger partial charge in [0.1, 0.15) is 18.2 Å². The van der Waals surface area contributed by atoms with E-state index in [0.29, 0.717) is 43.9 Å². The molecule has 5 rings (SSSR count). The SMILES string of the molecule is N#Cc1ccc(COc2cccc(C(CCO)CCNCc3nc4ccc(C(=O)O)cc4n3C[C@@H]3CCO3)n2)c(F)c1. The molecule has 0 radical (unpaired) electrons. The maximum atomic E-state index is 14.2. The zero-order valence-corrected chi connectivity index (χ0v) is 23.0. The van der Waals surface area contributed by atoms with E-state index in [0.717, 1.165) is 35.6 Å². The van der Waals surface area contributed by atoms with E-state index in [1.807, 2.05) is 22.8 Å². The molecule has 1 aliphatic rings. The van der Waals surface area contributed by atoms with Crippen LogP contribution in [0.5, 0.6) is 5.88 Å². The van der Waals surface area contributed by atoms with Crippen molar-refractivity contribution >= 4 is 17.0 Å². The smallest absolute Gasteiger partial charge is 0.335 e. The van der Waals surface area contributed by atoms with Crippen LogP contribution >= 0.6 is 0 Å². The third-order valence-electron chi connectivity index (χ3n) is 7.41. The minimum Gasteiger partial charge on any atom is -0.478 e. The Morgan fingerprint density at radius 3 is 2.79 bits per heavy atom. The lowest BCUT2D eigenvalue weighted by molar-refractivity contribution is -0.0590. The monoisotopic (exact) mass is 573 g/mol. The van der Waals surface area contributed by atoms with Gasteiger partial charge in [-0.2, -0.15) is 5.26 Å². The highest BCUT2D eigenvalue weighted by atomic mass is 19.1. The zero-order valence-electron chi connectivity index (χ0n) is 23.0. The van der Waals surface area contributed by atoms with E-state index in [1.165, 1.54) is 12.1 Å². The van der Waals surface area contributed by atoms with E-state index in [1.54, 1.807) is 30.3 Å². The first-order valence-electron chi connectivity index (χ1n) is 13.9. The Balaban J connectivity index is 1.22. The van der Waals surface area contributed by atoms with Gasteiger partial charge in [-0.15, -0.1) is 0 Å². The number of carbonyl (C=O) groups is 1. The number of nitrogens with one attached hydrogen (secondary N) is 1. The quantitative estimate of drug-likeness (QED) is 0.190. The Morgan fingerprint density at radius 1 is 1.21 bits per heavy atom. The minimum atomic E-state index is -0.983. The maximum Gasteiger partial charge on any atom is 0.335 e. The first-order chi connectivity index (χ1) is 20.4. The average Bonchev–Trinajstić information content (AvgIpc) is 3.32. The van der Waals surface area contributed by atoms with Gasteiger partial charge in [-0.1, -0.05) is 12.1 Å². The first kappa shape index (κ1) is 29.1. The number of carboxylic acid groups (broad SMARTS) is 1. The number of nitriles is 1. The van der Waals surface area contributed by atoms with E-state index in [2.05, 4.69) is 10.3 Å². The van der Waals surface area contributed by atoms with Crippen LogP contribution in [0.2, 0.25) is 0 Å². The molecule has 1 saturated heterocycles. The maximum absolute atomic E-state index is 14.2. The van der Waals surface area contributed by atoms with Gasteiger partial charge in [0.15, 0.2) is 0 Å². The summed E-state index contributed by atoms with van der Waals surface area (Å²) in [6.45, 7) is 2.40. The molecule has 11 heteroatoms. The number of pyridine rings is 1. The lowest BCUT2D eigenvalue weighted by atomic mass is 9.97. The van der Waals surface area contributed by atoms with Gasteiger partial charge in [-0.05, 0) is 62.2 Å². The van der Waals surface area contributed by atoms with Gasteiger partial charge in [0, 0.05) is 36.5 Å². The average molecular weight is 574 g/mol. The summed E-state index contributed by atoms with van der Waals surface area (Å²) < 4.78 is 27.6. The number of hydrogen-bond donors (Lipinski definition) is 3. The summed E-state index contributed by atoms with van der Waals surface area (Å²) >= 11 is 0. The summed E-state index contributed by atoms with van der Waals surface area (Å²) in [6.07, 6.45) is 2.23. The predicted octanol–water partition coefficient (Wildman–Crippen LogP) is 4.15. The van der Waals surface area contributed by atoms with Crippen LogP contribution in [-0.2, 0) is 24.4 Å². The Morgan fingerprint density at radius 2 is 2.07 bits per heavy atom. The van der Waals surface area contributed by atoms with Crippen molar-refractivity contribution in [1.29, 1.82) is 5.26 Å². The molecule has 3 N–H and O–H groups in total. The number of imidazole rings is 1. The molecule has 4 aromatic rings. The van der Waals surface area contributed by atoms with E-state index >= 15 is 0 Å². The Labute approximate surface area is 242 Å². The van der Waals surface area contributed by atoms with E-state index in [-0.39, 0.29) is 36.4 Å². The van der Waals surface area contributed by atoms with E-state index in [9.17, 15) is 19.4 Å². The topological polar surface area (TPSA) is 143 Å². The molecule has 1 aliphatic heterocycles. The number of aromatic nitrogens is 3. The summed E-state index contributed by atoms with van der Waals surface area (Å²) in [7, 11) is 0. The number of fused-ring (bicyclic) bond motifs is 1. The molecule has 2 atom stereocenters. The number of rotatable bonds is 14. The highest BCUT2D eigenvalue weighted by molar-refractivity contribution is 5.92. The van der Waals surface area contributed by atoms with Crippen LogP contribution in [0.3, 0.4) is 0 Å². The molecular weight excluding hydrogens is 541 g/mol. The van der Waals surface area contributed by atoms with E-state index < -0.39 is 11.8 Å². The van der Waals surface area contributed by atoms with Crippen molar-refractivity contribution in [3.8, 4) is 11.9 Å². The summed E-state index contributed by atoms with van der Waals surface area (Å²) in [5, 5.41) is 31.5. The molecule has 1 fully saturated rings.